The smallest absolute Gasteiger partial charge is 0.469 e. The lowest BCUT2D eigenvalue weighted by Crippen LogP contribution is -2.38. The molecule has 0 aromatic heterocycles. The van der Waals surface area contributed by atoms with Gasteiger partial charge in [0.2, 0.25) is 0 Å². The zero-order chi connectivity index (χ0) is 74.0. The lowest BCUT2D eigenvalue weighted by molar-refractivity contribution is -0.167. The van der Waals surface area contributed by atoms with E-state index in [1.165, 1.54) is 66.3 Å². The molecule has 0 aromatic carbocycles. The number of Topliss-reactive ketones (excluding diaryl/α,β-unsaturated/α-hetero) is 2. The quantitative estimate of drug-likeness (QED) is 0.0613. The highest BCUT2D eigenvalue weighted by Crippen LogP contribution is 2.37. The number of fused-ring (bicyclic) bond motifs is 1. The predicted octanol–water partition coefficient (Wildman–Crippen LogP) is 15.8. The van der Waals surface area contributed by atoms with Crippen molar-refractivity contribution in [2.24, 2.45) is 82.9 Å². The van der Waals surface area contributed by atoms with Crippen molar-refractivity contribution < 1.29 is 99.6 Å². The predicted molar refractivity (Wildman–Crippen MR) is 397 cm³/mol. The van der Waals surface area contributed by atoms with Crippen molar-refractivity contribution in [3.05, 3.63) is 0 Å². The minimum atomic E-state index is -0.212. The summed E-state index contributed by atoms with van der Waals surface area (Å²) in [5, 5.41) is 39.0. The molecule has 1 saturated heterocycles. The Bertz CT molecular complexity index is 2240. The molecule has 0 radical (unpaired) electrons. The summed E-state index contributed by atoms with van der Waals surface area (Å²) in [6.07, 6.45) is 34.2. The van der Waals surface area contributed by atoms with E-state index in [9.17, 15) is 63.6 Å². The second kappa shape index (κ2) is 55.0. The normalized spacial score (nSPS) is 28.5. The molecule has 4 N–H and O–H groups in total. The van der Waals surface area contributed by atoms with Gasteiger partial charge in [-0.3, -0.25) is 43.2 Å². The number of ketones is 2. The lowest BCUT2D eigenvalue weighted by Gasteiger charge is -2.37. The molecule has 20 heteroatoms. The Morgan fingerprint density at radius 2 is 0.653 bits per heavy atom. The molecule has 101 heavy (non-hydrogen) atoms. The summed E-state index contributed by atoms with van der Waals surface area (Å²) < 4.78 is 34.2. The van der Waals surface area contributed by atoms with Gasteiger partial charge in [0, 0.05) is 26.1 Å². The van der Waals surface area contributed by atoms with Crippen LogP contribution in [0, 0.1) is 82.9 Å². The monoisotopic (exact) mass is 1440 g/mol. The van der Waals surface area contributed by atoms with Crippen LogP contribution in [0.4, 0.5) is 0 Å². The minimum absolute atomic E-state index is 0. The maximum absolute atomic E-state index is 11.6. The molecule has 0 spiro atoms. The fraction of sp³-hybridized carbons (Fsp3) is 0.889. The number of aliphatic hydroxyl groups is 4. The molecule has 0 amide bonds. The summed E-state index contributed by atoms with van der Waals surface area (Å²) in [5.74, 6) is 1.27. The fourth-order valence-corrected chi connectivity index (χ4v) is 15.6. The Hall–Kier alpha value is -4.53. The first kappa shape index (κ1) is 96.5. The first-order chi connectivity index (χ1) is 47.2. The third-order valence-corrected chi connectivity index (χ3v) is 21.8. The molecule has 8 aliphatic rings. The number of hydrogen-bond acceptors (Lipinski definition) is 20. The molecule has 1 aliphatic heterocycles. The van der Waals surface area contributed by atoms with Crippen LogP contribution in [0.3, 0.4) is 0 Å². The molecule has 592 valence electrons. The van der Waals surface area contributed by atoms with Crippen LogP contribution in [0.5, 0.6) is 0 Å². The molecular formula is C81H149O20+. The first-order valence-electron chi connectivity index (χ1n) is 38.9. The SMILES string of the molecule is C.C.CC1CC2CCCCC2OC1=O.CCOC(=O)C(C)CC1CCCCC1=O.CCOC(=O)C(C)CC1CCCCC1O.CCOC(=O)C(C)CC1CCCCC1O.COC(=O)C(C)CC1CCCCC1=O.COC(=O)C(C)CC1CCCCC1O.COC(=O)C(C)CC1CCCCC1O.[2H+].[HH]. The summed E-state index contributed by atoms with van der Waals surface area (Å²) in [4.78, 5) is 102. The van der Waals surface area contributed by atoms with E-state index in [2.05, 4.69) is 14.2 Å². The molecule has 1 heterocycles. The summed E-state index contributed by atoms with van der Waals surface area (Å²) in [6, 6.07) is 0. The Morgan fingerprint density at radius 1 is 0.396 bits per heavy atom. The van der Waals surface area contributed by atoms with Crippen LogP contribution in [-0.2, 0) is 76.3 Å². The second-order valence-electron chi connectivity index (χ2n) is 30.1. The van der Waals surface area contributed by atoms with Crippen LogP contribution in [0.25, 0.3) is 0 Å². The van der Waals surface area contributed by atoms with Crippen LogP contribution in [0.15, 0.2) is 0 Å². The van der Waals surface area contributed by atoms with E-state index in [0.29, 0.717) is 63.0 Å². The number of hydrogen-bond donors (Lipinski definition) is 4. The van der Waals surface area contributed by atoms with Crippen molar-refractivity contribution in [3.8, 4) is 0 Å². The highest BCUT2D eigenvalue weighted by molar-refractivity contribution is 5.83. The maximum Gasteiger partial charge on any atom is 1.00 e. The summed E-state index contributed by atoms with van der Waals surface area (Å²) in [6.45, 7) is 19.9. The number of rotatable bonds is 21. The van der Waals surface area contributed by atoms with E-state index in [1.807, 2.05) is 62.3 Å². The number of aliphatic hydroxyl groups excluding tert-OH is 4. The summed E-state index contributed by atoms with van der Waals surface area (Å²) >= 11 is 0. The minimum Gasteiger partial charge on any atom is -0.469 e. The van der Waals surface area contributed by atoms with Gasteiger partial charge in [-0.1, -0.05) is 134 Å². The van der Waals surface area contributed by atoms with Crippen molar-refractivity contribution in [2.45, 2.75) is 339 Å². The van der Waals surface area contributed by atoms with Crippen molar-refractivity contribution >= 4 is 53.4 Å². The van der Waals surface area contributed by atoms with Gasteiger partial charge in [0.1, 0.15) is 17.7 Å². The van der Waals surface area contributed by atoms with Gasteiger partial charge in [-0.25, -0.2) is 0 Å². The van der Waals surface area contributed by atoms with Crippen LogP contribution in [0.1, 0.15) is 312 Å². The third-order valence-electron chi connectivity index (χ3n) is 21.8. The number of carbonyl (C=O) groups is 9. The van der Waals surface area contributed by atoms with Crippen molar-refractivity contribution in [3.63, 3.8) is 0 Å². The second-order valence-corrected chi connectivity index (χ2v) is 30.1. The largest absolute Gasteiger partial charge is 1.00 e. The zero-order valence-electron chi connectivity index (χ0n) is 64.7. The van der Waals surface area contributed by atoms with E-state index in [-0.39, 0.29) is 167 Å². The number of carbonyl (C=O) groups excluding carboxylic acids is 9. The standard InChI is InChI=1S/2C12H22O3.C12H20O3.2C11H20O3.C11H18O3.C10H16O2.2CH4.H2/c3*1-3-15-12(14)9(2)8-10-6-4-5-7-11(10)13;3*1-8(11(13)14-2)7-9-5-3-4-6-10(9)12;1-7-6-8-4-2-3-5-9(8)12-10(7)11;;;/h2*9-11,13H,3-8H2,1-2H3;9-10H,3-8H2,1-2H3;2*8-10,12H,3-7H2,1-2H3;8-9H,3-7H2,1-2H3;7-9H,2-6H2,1H3;2*1H4;1H/p+1/i/hD. The van der Waals surface area contributed by atoms with E-state index in [1.54, 1.807) is 6.92 Å². The molecule has 0 bridgehead atoms. The Balaban J connectivity index is -0.00000113. The van der Waals surface area contributed by atoms with E-state index in [4.69, 9.17) is 18.9 Å². The number of ether oxygens (including phenoxy) is 7. The van der Waals surface area contributed by atoms with Gasteiger partial charge in [-0.05, 0) is 192 Å². The average Bonchev–Trinajstić information content (AvgIpc) is 0.835. The molecule has 8 fully saturated rings. The van der Waals surface area contributed by atoms with E-state index < -0.39 is 0 Å². The molecule has 19 atom stereocenters. The van der Waals surface area contributed by atoms with Gasteiger partial charge in [-0.15, -0.1) is 0 Å². The molecule has 8 rings (SSSR count). The van der Waals surface area contributed by atoms with Crippen LogP contribution in [-0.4, -0.2) is 145 Å². The Labute approximate surface area is 613 Å². The average molecular weight is 1440 g/mol. The Morgan fingerprint density at radius 3 is 0.941 bits per heavy atom. The molecule has 20 nitrogen and oxygen atoms in total. The van der Waals surface area contributed by atoms with Crippen LogP contribution >= 0.6 is 0 Å². The van der Waals surface area contributed by atoms with Gasteiger partial charge in [0.15, 0.2) is 0 Å². The molecule has 7 saturated carbocycles. The van der Waals surface area contributed by atoms with Crippen LogP contribution in [0.2, 0.25) is 0 Å². The van der Waals surface area contributed by atoms with Crippen molar-refractivity contribution in [1.82, 2.24) is 0 Å². The van der Waals surface area contributed by atoms with Gasteiger partial charge in [0.05, 0.1) is 107 Å². The van der Waals surface area contributed by atoms with Gasteiger partial charge >= 0.3 is 43.2 Å². The lowest BCUT2D eigenvalue weighted by atomic mass is 9.79. The van der Waals surface area contributed by atoms with Gasteiger partial charge < -0.3 is 53.6 Å². The van der Waals surface area contributed by atoms with E-state index in [0.717, 1.165) is 154 Å². The number of esters is 7. The number of methoxy groups -OCH3 is 3. The van der Waals surface area contributed by atoms with Gasteiger partial charge in [-0.2, -0.15) is 0 Å². The first-order valence-corrected chi connectivity index (χ1v) is 38.9. The topological polar surface area (TPSA) is 299 Å². The third kappa shape index (κ3) is 38.4. The highest BCUT2D eigenvalue weighted by atomic mass is 16.6. The Kier molecular flexibility index (Phi) is 52.5. The highest BCUT2D eigenvalue weighted by Gasteiger charge is 2.37. The fourth-order valence-electron chi connectivity index (χ4n) is 15.6. The van der Waals surface area contributed by atoms with Gasteiger partial charge in [0.25, 0.3) is 0 Å². The summed E-state index contributed by atoms with van der Waals surface area (Å²) in [5.41, 5.74) is 0. The molecular weight excluding hydrogens is 1290 g/mol. The summed E-state index contributed by atoms with van der Waals surface area (Å²) in [7, 11) is 4.22. The van der Waals surface area contributed by atoms with Crippen molar-refractivity contribution in [2.75, 3.05) is 41.2 Å². The van der Waals surface area contributed by atoms with Crippen molar-refractivity contribution in [1.29, 1.82) is 0 Å². The zero-order valence-corrected chi connectivity index (χ0v) is 63.7. The molecule has 0 aromatic rings. The van der Waals surface area contributed by atoms with Crippen LogP contribution < -0.4 is 0 Å². The molecule has 7 aliphatic carbocycles. The maximum atomic E-state index is 11.6. The molecule has 19 unspecified atom stereocenters. The van der Waals surface area contributed by atoms with E-state index >= 15 is 0 Å².